The molecule has 2 aromatic rings. The average Bonchev–Trinajstić information content (AvgIpc) is 2.40. The molecule has 0 aliphatic heterocycles. The summed E-state index contributed by atoms with van der Waals surface area (Å²) in [5, 5.41) is 4.70. The van der Waals surface area contributed by atoms with Crippen molar-refractivity contribution < 1.29 is 9.59 Å². The molecule has 0 saturated carbocycles. The minimum Gasteiger partial charge on any atom is -0.399 e. The van der Waals surface area contributed by atoms with E-state index in [4.69, 9.17) is 5.73 Å². The van der Waals surface area contributed by atoms with Crippen LogP contribution in [0.5, 0.6) is 0 Å². The van der Waals surface area contributed by atoms with E-state index in [1.165, 1.54) is 6.20 Å². The summed E-state index contributed by atoms with van der Waals surface area (Å²) in [6.07, 6.45) is 3.07. The van der Waals surface area contributed by atoms with Gasteiger partial charge in [-0.2, -0.15) is 0 Å². The van der Waals surface area contributed by atoms with Gasteiger partial charge in [0.15, 0.2) is 0 Å². The Morgan fingerprint density at radius 1 is 1.11 bits per heavy atom. The van der Waals surface area contributed by atoms with Gasteiger partial charge in [0.2, 0.25) is 0 Å². The van der Waals surface area contributed by atoms with Gasteiger partial charge in [-0.3, -0.25) is 15.1 Å². The fourth-order valence-corrected chi connectivity index (χ4v) is 1.41. The number of hydrogen-bond donors (Lipinski definition) is 3. The van der Waals surface area contributed by atoms with Crippen LogP contribution in [0.25, 0.3) is 0 Å². The van der Waals surface area contributed by atoms with Gasteiger partial charge in [-0.15, -0.1) is 0 Å². The SMILES string of the molecule is Nc1ccc(C(=O)NC(=O)Nc2cccnc2)cc1. The van der Waals surface area contributed by atoms with Crippen molar-refractivity contribution in [2.45, 2.75) is 0 Å². The van der Waals surface area contributed by atoms with E-state index in [1.54, 1.807) is 42.6 Å². The quantitative estimate of drug-likeness (QED) is 0.711. The largest absolute Gasteiger partial charge is 0.399 e. The van der Waals surface area contributed by atoms with Crippen molar-refractivity contribution >= 4 is 23.3 Å². The molecule has 0 unspecified atom stereocenters. The highest BCUT2D eigenvalue weighted by Crippen LogP contribution is 2.06. The number of rotatable bonds is 2. The number of nitrogens with one attached hydrogen (secondary N) is 2. The molecule has 0 radical (unpaired) electrons. The van der Waals surface area contributed by atoms with Crippen molar-refractivity contribution in [3.63, 3.8) is 0 Å². The molecule has 0 spiro atoms. The first-order valence-electron chi connectivity index (χ1n) is 5.53. The lowest BCUT2D eigenvalue weighted by Crippen LogP contribution is -2.34. The lowest BCUT2D eigenvalue weighted by molar-refractivity contribution is 0.0967. The van der Waals surface area contributed by atoms with Crippen molar-refractivity contribution in [1.29, 1.82) is 0 Å². The van der Waals surface area contributed by atoms with E-state index >= 15 is 0 Å². The zero-order chi connectivity index (χ0) is 13.7. The molecule has 3 amide bonds. The number of anilines is 2. The smallest absolute Gasteiger partial charge is 0.326 e. The number of imide groups is 1. The van der Waals surface area contributed by atoms with Gasteiger partial charge in [-0.1, -0.05) is 0 Å². The number of benzene rings is 1. The van der Waals surface area contributed by atoms with Crippen LogP contribution >= 0.6 is 0 Å². The first kappa shape index (κ1) is 12.6. The molecule has 0 fully saturated rings. The molecule has 1 aromatic heterocycles. The predicted molar refractivity (Wildman–Crippen MR) is 71.6 cm³/mol. The summed E-state index contributed by atoms with van der Waals surface area (Å²) < 4.78 is 0. The Bertz CT molecular complexity index is 581. The third kappa shape index (κ3) is 3.53. The summed E-state index contributed by atoms with van der Waals surface area (Å²) in [7, 11) is 0. The van der Waals surface area contributed by atoms with Crippen LogP contribution in [0.4, 0.5) is 16.2 Å². The van der Waals surface area contributed by atoms with Crippen molar-refractivity contribution in [3.8, 4) is 0 Å². The van der Waals surface area contributed by atoms with Gasteiger partial charge in [-0.05, 0) is 36.4 Å². The lowest BCUT2D eigenvalue weighted by atomic mass is 10.2. The second-order valence-electron chi connectivity index (χ2n) is 3.77. The minimum atomic E-state index is -0.616. The van der Waals surface area contributed by atoms with Gasteiger partial charge in [0.1, 0.15) is 0 Å². The number of nitrogens with two attached hydrogens (primary N) is 1. The van der Waals surface area contributed by atoms with Gasteiger partial charge in [0, 0.05) is 17.4 Å². The van der Waals surface area contributed by atoms with Crippen LogP contribution in [0, 0.1) is 0 Å². The summed E-state index contributed by atoms with van der Waals surface area (Å²) in [4.78, 5) is 27.1. The maximum absolute atomic E-state index is 11.7. The van der Waals surface area contributed by atoms with Crippen molar-refractivity contribution in [1.82, 2.24) is 10.3 Å². The highest BCUT2D eigenvalue weighted by Gasteiger charge is 2.09. The number of nitrogen functional groups attached to an aromatic ring is 1. The fraction of sp³-hybridized carbons (Fsp3) is 0. The Balaban J connectivity index is 1.95. The maximum Gasteiger partial charge on any atom is 0.326 e. The van der Waals surface area contributed by atoms with E-state index in [9.17, 15) is 9.59 Å². The number of urea groups is 1. The minimum absolute atomic E-state index is 0.357. The van der Waals surface area contributed by atoms with E-state index in [2.05, 4.69) is 15.6 Å². The Hall–Kier alpha value is -2.89. The summed E-state index contributed by atoms with van der Waals surface area (Å²) in [5.74, 6) is -0.499. The molecule has 2 rings (SSSR count). The number of pyridine rings is 1. The second kappa shape index (κ2) is 5.63. The van der Waals surface area contributed by atoms with Crippen LogP contribution in [0.2, 0.25) is 0 Å². The van der Waals surface area contributed by atoms with Crippen molar-refractivity contribution in [2.75, 3.05) is 11.1 Å². The van der Waals surface area contributed by atoms with Crippen molar-refractivity contribution in [2.24, 2.45) is 0 Å². The van der Waals surface area contributed by atoms with Crippen LogP contribution < -0.4 is 16.4 Å². The molecular weight excluding hydrogens is 244 g/mol. The number of carbonyl (C=O) groups excluding carboxylic acids is 2. The average molecular weight is 256 g/mol. The number of aromatic nitrogens is 1. The molecule has 0 aliphatic carbocycles. The van der Waals surface area contributed by atoms with E-state index in [1.807, 2.05) is 0 Å². The van der Waals surface area contributed by atoms with Gasteiger partial charge in [-0.25, -0.2) is 4.79 Å². The van der Waals surface area contributed by atoms with Gasteiger partial charge < -0.3 is 11.1 Å². The highest BCUT2D eigenvalue weighted by atomic mass is 16.2. The second-order valence-corrected chi connectivity index (χ2v) is 3.77. The Morgan fingerprint density at radius 2 is 1.84 bits per heavy atom. The number of carbonyl (C=O) groups is 2. The predicted octanol–water partition coefficient (Wildman–Crippen LogP) is 1.63. The van der Waals surface area contributed by atoms with Crippen LogP contribution in [-0.4, -0.2) is 16.9 Å². The Morgan fingerprint density at radius 3 is 2.47 bits per heavy atom. The van der Waals surface area contributed by atoms with E-state index in [0.29, 0.717) is 16.9 Å². The Labute approximate surface area is 109 Å². The molecule has 0 atom stereocenters. The monoisotopic (exact) mass is 256 g/mol. The van der Waals surface area contributed by atoms with E-state index < -0.39 is 11.9 Å². The number of amides is 3. The summed E-state index contributed by atoms with van der Waals surface area (Å²) >= 11 is 0. The maximum atomic E-state index is 11.7. The molecule has 96 valence electrons. The number of nitrogens with zero attached hydrogens (tertiary/aromatic N) is 1. The topological polar surface area (TPSA) is 97.1 Å². The molecule has 19 heavy (non-hydrogen) atoms. The molecule has 0 bridgehead atoms. The molecule has 4 N–H and O–H groups in total. The summed E-state index contributed by atoms with van der Waals surface area (Å²) in [6.45, 7) is 0. The normalized spacial score (nSPS) is 9.68. The third-order valence-electron chi connectivity index (χ3n) is 2.32. The molecule has 1 heterocycles. The highest BCUT2D eigenvalue weighted by molar-refractivity contribution is 6.07. The zero-order valence-electron chi connectivity index (χ0n) is 9.96. The standard InChI is InChI=1S/C13H12N4O2/c14-10-5-3-9(4-6-10)12(18)17-13(19)16-11-2-1-7-15-8-11/h1-8H,14H2,(H2,16,17,18,19). The van der Waals surface area contributed by atoms with Gasteiger partial charge >= 0.3 is 6.03 Å². The van der Waals surface area contributed by atoms with Crippen LogP contribution in [-0.2, 0) is 0 Å². The lowest BCUT2D eigenvalue weighted by Gasteiger charge is -2.06. The Kier molecular flexibility index (Phi) is 3.72. The third-order valence-corrected chi connectivity index (χ3v) is 2.32. The molecule has 0 aliphatic rings. The molecular formula is C13H12N4O2. The number of hydrogen-bond acceptors (Lipinski definition) is 4. The van der Waals surface area contributed by atoms with Crippen LogP contribution in [0.1, 0.15) is 10.4 Å². The fourth-order valence-electron chi connectivity index (χ4n) is 1.41. The molecule has 6 nitrogen and oxygen atoms in total. The summed E-state index contributed by atoms with van der Waals surface area (Å²) in [5.41, 5.74) is 6.93. The van der Waals surface area contributed by atoms with E-state index in [-0.39, 0.29) is 0 Å². The van der Waals surface area contributed by atoms with Crippen molar-refractivity contribution in [3.05, 3.63) is 54.4 Å². The zero-order valence-corrected chi connectivity index (χ0v) is 9.96. The van der Waals surface area contributed by atoms with Gasteiger partial charge in [0.25, 0.3) is 5.91 Å². The molecule has 1 aromatic carbocycles. The van der Waals surface area contributed by atoms with Gasteiger partial charge in [0.05, 0.1) is 11.9 Å². The first-order valence-corrected chi connectivity index (χ1v) is 5.53. The molecule has 6 heteroatoms. The summed E-state index contributed by atoms with van der Waals surface area (Å²) in [6, 6.07) is 9.00. The van der Waals surface area contributed by atoms with Crippen LogP contribution in [0.3, 0.4) is 0 Å². The van der Waals surface area contributed by atoms with E-state index in [0.717, 1.165) is 0 Å². The molecule has 0 saturated heterocycles. The van der Waals surface area contributed by atoms with Crippen LogP contribution in [0.15, 0.2) is 48.8 Å². The first-order chi connectivity index (χ1) is 9.15.